The highest BCUT2D eigenvalue weighted by Crippen LogP contribution is 2.50. The molecule has 392 valence electrons. The lowest BCUT2D eigenvalue weighted by Gasteiger charge is -2.50. The number of carbonyl (C=O) groups is 11. The summed E-state index contributed by atoms with van der Waals surface area (Å²) < 4.78 is 0. The van der Waals surface area contributed by atoms with Gasteiger partial charge in [0.1, 0.15) is 30.2 Å². The van der Waals surface area contributed by atoms with Gasteiger partial charge in [0.05, 0.1) is 8.07 Å². The van der Waals surface area contributed by atoms with Crippen LogP contribution in [0.3, 0.4) is 0 Å². The highest BCUT2D eigenvalue weighted by atomic mass is 28.3. The molecule has 0 saturated carbocycles. The largest absolute Gasteiger partial charge is 0.481 e. The lowest BCUT2D eigenvalue weighted by atomic mass is 10.1. The monoisotopic (exact) mass is 1010 g/mol. The van der Waals surface area contributed by atoms with Gasteiger partial charge < -0.3 is 74.4 Å². The molecule has 26 heteroatoms. The van der Waals surface area contributed by atoms with E-state index in [1.165, 1.54) is 5.19 Å². The molecule has 0 bridgehead atoms. The van der Waals surface area contributed by atoms with E-state index < -0.39 is 129 Å². The molecule has 0 radical (unpaired) electrons. The van der Waals surface area contributed by atoms with Crippen LogP contribution in [-0.2, 0) is 43.2 Å². The fraction of sp³-hybridized carbons (Fsp3) is 0.614. The molecule has 0 aliphatic heterocycles. The molecule has 16 N–H and O–H groups in total. The number of carboxylic acids is 4. The van der Waals surface area contributed by atoms with Crippen LogP contribution < -0.4 is 59.2 Å². The van der Waals surface area contributed by atoms with Crippen molar-refractivity contribution in [2.45, 2.75) is 140 Å². The van der Waals surface area contributed by atoms with E-state index in [1.807, 2.05) is 22.8 Å². The molecule has 0 heterocycles. The molecule has 0 fully saturated rings. The fourth-order valence-corrected chi connectivity index (χ4v) is 12.1. The molecule has 0 unspecified atom stereocenters. The third kappa shape index (κ3) is 20.9. The minimum Gasteiger partial charge on any atom is -0.481 e. The van der Waals surface area contributed by atoms with E-state index in [1.54, 1.807) is 12.1 Å². The summed E-state index contributed by atoms with van der Waals surface area (Å²) in [5, 5.41) is 57.0. The predicted molar refractivity (Wildman–Crippen MR) is 256 cm³/mol. The van der Waals surface area contributed by atoms with Gasteiger partial charge >= 0.3 is 29.9 Å². The molecule has 1 aromatic rings. The van der Waals surface area contributed by atoms with Crippen LogP contribution >= 0.6 is 0 Å². The number of carbonyl (C=O) groups excluding carboxylic acids is 7. The zero-order valence-electron chi connectivity index (χ0n) is 40.8. The fourth-order valence-electron chi connectivity index (χ4n) is 7.24. The Balaban J connectivity index is 2.44. The summed E-state index contributed by atoms with van der Waals surface area (Å²) in [5.41, 5.74) is 12.1. The molecular formula is C44H72N10O15Si. The first kappa shape index (κ1) is 61.3. The van der Waals surface area contributed by atoms with Gasteiger partial charge in [-0.05, 0) is 47.9 Å². The van der Waals surface area contributed by atoms with E-state index in [2.05, 4.69) is 80.0 Å². The molecule has 0 aliphatic carbocycles. The van der Waals surface area contributed by atoms with Crippen LogP contribution in [0.2, 0.25) is 16.6 Å². The second-order valence-corrected chi connectivity index (χ2v) is 24.6. The van der Waals surface area contributed by atoms with Crippen molar-refractivity contribution in [1.29, 1.82) is 0 Å². The average molecular weight is 1010 g/mol. The minimum atomic E-state index is -2.05. The van der Waals surface area contributed by atoms with E-state index >= 15 is 0 Å². The summed E-state index contributed by atoms with van der Waals surface area (Å²) in [4.78, 5) is 133. The number of urea groups is 1. The Morgan fingerprint density at radius 1 is 0.557 bits per heavy atom. The van der Waals surface area contributed by atoms with Gasteiger partial charge in [-0.25, -0.2) is 19.2 Å². The predicted octanol–water partition coefficient (Wildman–Crippen LogP) is -1.60. The third-order valence-corrected chi connectivity index (χ3v) is 19.4. The molecule has 25 nitrogen and oxygen atoms in total. The normalized spacial score (nSPS) is 13.7. The first-order chi connectivity index (χ1) is 32.4. The highest BCUT2D eigenvalue weighted by Gasteiger charge is 2.50. The van der Waals surface area contributed by atoms with Crippen molar-refractivity contribution in [3.8, 4) is 0 Å². The summed E-state index contributed by atoms with van der Waals surface area (Å²) in [7, 11) is -2.05. The van der Waals surface area contributed by atoms with E-state index in [0.29, 0.717) is 5.56 Å². The van der Waals surface area contributed by atoms with Crippen molar-refractivity contribution in [2.75, 3.05) is 32.7 Å². The van der Waals surface area contributed by atoms with Crippen LogP contribution in [-0.4, -0.2) is 157 Å². The maximum Gasteiger partial charge on any atom is 0.326 e. The van der Waals surface area contributed by atoms with Gasteiger partial charge in [0.15, 0.2) is 0 Å². The smallest absolute Gasteiger partial charge is 0.326 e. The Hall–Kier alpha value is -6.67. The van der Waals surface area contributed by atoms with Crippen molar-refractivity contribution >= 4 is 78.6 Å². The topological polar surface area (TPSA) is 417 Å². The number of nitrogens with two attached hydrogens (primary N) is 2. The van der Waals surface area contributed by atoms with Gasteiger partial charge in [0, 0.05) is 64.0 Å². The number of amides is 8. The number of hydrogen-bond donors (Lipinski definition) is 14. The van der Waals surface area contributed by atoms with Crippen LogP contribution in [0.15, 0.2) is 24.3 Å². The van der Waals surface area contributed by atoms with Crippen LogP contribution in [0, 0.1) is 0 Å². The number of benzene rings is 1. The second kappa shape index (κ2) is 28.7. The number of aliphatic carboxylic acids is 4. The zero-order valence-corrected chi connectivity index (χ0v) is 41.8. The van der Waals surface area contributed by atoms with Crippen molar-refractivity contribution in [3.63, 3.8) is 0 Å². The number of hydrogen-bond acceptors (Lipinski definition) is 13. The quantitative estimate of drug-likeness (QED) is 0.0305. The van der Waals surface area contributed by atoms with E-state index in [-0.39, 0.29) is 68.5 Å². The van der Waals surface area contributed by atoms with Gasteiger partial charge in [-0.3, -0.25) is 33.6 Å². The lowest BCUT2D eigenvalue weighted by Crippen LogP contribution is -2.58. The average Bonchev–Trinajstić information content (AvgIpc) is 3.26. The van der Waals surface area contributed by atoms with E-state index in [0.717, 1.165) is 0 Å². The standard InChI is InChI=1S/C44H72N10O15Si/c1-43(2,3)70(7,44(4,5)6)26-12-10-25(11-13-26)36(60)50-24-27(46)37(61)52-31(23-45)38(62)49-22-19-33(56)48-21-18-32(55)47-20-8-9-28(39(63)64)51-34(57)16-14-29(40(65)66)53-42(69)54-30(41(67)68)15-17-35(58)59/h10-13,27-31H,8-9,14-24,45-46H2,1-7H3,(H,47,55)(H,48,56)(H,49,62)(H,50,60)(H,51,57)(H,52,61)(H,58,59)(H,63,64)(H,65,66)(H,67,68)(H2,53,54,69)/t27-,28-,29+,30+,31-/m1/s1. The number of carboxylic acid groups (broad SMARTS) is 4. The molecule has 1 aromatic carbocycles. The zero-order chi connectivity index (χ0) is 53.6. The molecule has 0 saturated heterocycles. The molecule has 5 atom stereocenters. The summed E-state index contributed by atoms with van der Waals surface area (Å²) >= 11 is 0. The van der Waals surface area contributed by atoms with Gasteiger partial charge in [-0.1, -0.05) is 65.4 Å². The molecule has 0 aromatic heterocycles. The molecule has 0 aliphatic rings. The summed E-state index contributed by atoms with van der Waals surface area (Å²) in [6.07, 6.45) is -2.56. The maximum absolute atomic E-state index is 12.9. The maximum atomic E-state index is 12.9. The summed E-state index contributed by atoms with van der Waals surface area (Å²) in [6.45, 7) is 15.0. The highest BCUT2D eigenvalue weighted by molar-refractivity contribution is 6.95. The van der Waals surface area contributed by atoms with Gasteiger partial charge in [-0.15, -0.1) is 0 Å². The van der Waals surface area contributed by atoms with Crippen molar-refractivity contribution in [1.82, 2.24) is 42.5 Å². The Bertz CT molecular complexity index is 2010. The SMILES string of the molecule is CC(C)(C)[Si](C)(c1ccc(C(=O)NC[C@@H](N)C(=O)N[C@H](CN)C(=O)NCCC(=O)NCCC(=O)NCCC[C@@H](NC(=O)CC[C@H](NC(=O)N[C@@H](CCC(=O)O)C(=O)O)C(=O)O)C(=O)O)cc1)C(C)(C)C. The summed E-state index contributed by atoms with van der Waals surface area (Å²) in [5.74, 6) is -9.62. The van der Waals surface area contributed by atoms with E-state index in [4.69, 9.17) is 21.7 Å². The molecular weight excluding hydrogens is 937 g/mol. The van der Waals surface area contributed by atoms with Crippen molar-refractivity contribution in [2.24, 2.45) is 11.5 Å². The first-order valence-electron chi connectivity index (χ1n) is 22.7. The molecule has 70 heavy (non-hydrogen) atoms. The van der Waals surface area contributed by atoms with Gasteiger partial charge in [0.2, 0.25) is 29.5 Å². The van der Waals surface area contributed by atoms with E-state index in [9.17, 15) is 63.0 Å². The van der Waals surface area contributed by atoms with Crippen LogP contribution in [0.4, 0.5) is 4.79 Å². The van der Waals surface area contributed by atoms with Crippen molar-refractivity contribution in [3.05, 3.63) is 29.8 Å². The molecule has 0 spiro atoms. The molecule has 1 rings (SSSR count). The van der Waals surface area contributed by atoms with Crippen LogP contribution in [0.5, 0.6) is 0 Å². The minimum absolute atomic E-state index is 0.00809. The van der Waals surface area contributed by atoms with Gasteiger partial charge in [-0.2, -0.15) is 0 Å². The Labute approximate surface area is 407 Å². The van der Waals surface area contributed by atoms with Gasteiger partial charge in [0.25, 0.3) is 5.91 Å². The van der Waals surface area contributed by atoms with Crippen molar-refractivity contribution < 1.29 is 73.2 Å². The second-order valence-electron chi connectivity index (χ2n) is 18.8. The van der Waals surface area contributed by atoms with Crippen LogP contribution in [0.25, 0.3) is 0 Å². The Morgan fingerprint density at radius 2 is 1.03 bits per heavy atom. The molecule has 8 amide bonds. The first-order valence-corrected chi connectivity index (χ1v) is 25.2. The van der Waals surface area contributed by atoms with Crippen LogP contribution in [0.1, 0.15) is 103 Å². The summed E-state index contributed by atoms with van der Waals surface area (Å²) in [6, 6.07) is -0.907. The third-order valence-electron chi connectivity index (χ3n) is 11.9. The Kier molecular flexibility index (Phi) is 25.2. The lowest BCUT2D eigenvalue weighted by molar-refractivity contribution is -0.142. The number of nitrogens with one attached hydrogen (secondary N) is 8. The Morgan fingerprint density at radius 3 is 1.50 bits per heavy atom. The number of rotatable bonds is 30.